The Bertz CT molecular complexity index is 830. The second-order valence-corrected chi connectivity index (χ2v) is 4.71. The summed E-state index contributed by atoms with van der Waals surface area (Å²) in [5.41, 5.74) is -1.50. The van der Waals surface area contributed by atoms with Crippen LogP contribution in [-0.4, -0.2) is 10.1 Å². The number of alkyl halides is 3. The number of aromatic nitrogens is 2. The highest BCUT2D eigenvalue weighted by Gasteiger charge is 2.36. The molecule has 0 amide bonds. The van der Waals surface area contributed by atoms with Gasteiger partial charge in [-0.2, -0.15) is 13.2 Å². The summed E-state index contributed by atoms with van der Waals surface area (Å²) in [4.78, 5) is 3.83. The molecule has 3 aromatic rings. The predicted octanol–water partition coefficient (Wildman–Crippen LogP) is 4.78. The number of nitrogens with one attached hydrogen (secondary N) is 1. The van der Waals surface area contributed by atoms with Crippen LogP contribution in [0.2, 0.25) is 5.15 Å². The highest BCUT2D eigenvalue weighted by atomic mass is 35.5. The van der Waals surface area contributed by atoms with Gasteiger partial charge in [-0.3, -0.25) is 0 Å². The summed E-state index contributed by atoms with van der Waals surface area (Å²) in [6, 6.07) is 4.81. The van der Waals surface area contributed by atoms with Crippen LogP contribution in [0.4, 0.5) is 29.1 Å². The van der Waals surface area contributed by atoms with Crippen LogP contribution in [0.3, 0.4) is 0 Å². The number of benzene rings is 1. The average Bonchev–Trinajstić information content (AvgIpc) is 2.84. The van der Waals surface area contributed by atoms with E-state index < -0.39 is 23.1 Å². The molecule has 114 valence electrons. The van der Waals surface area contributed by atoms with Crippen LogP contribution >= 0.6 is 11.6 Å². The molecule has 0 aliphatic heterocycles. The normalized spacial score (nSPS) is 11.9. The van der Waals surface area contributed by atoms with Crippen LogP contribution in [0, 0.1) is 5.82 Å². The minimum atomic E-state index is -4.81. The fraction of sp³-hybridized carbons (Fsp3) is 0.0769. The number of hydrogen-bond donors (Lipinski definition) is 1. The monoisotopic (exact) mass is 331 g/mol. The van der Waals surface area contributed by atoms with Gasteiger partial charge in [0.15, 0.2) is 11.6 Å². The maximum Gasteiger partial charge on any atom is 0.419 e. The molecule has 9 heteroatoms. The Morgan fingerprint density at radius 2 is 1.91 bits per heavy atom. The van der Waals surface area contributed by atoms with E-state index in [0.29, 0.717) is 11.8 Å². The Hall–Kier alpha value is -2.35. The number of nitrogens with zero attached hydrogens (tertiary/aromatic N) is 2. The van der Waals surface area contributed by atoms with Crippen LogP contribution in [0.1, 0.15) is 5.56 Å². The van der Waals surface area contributed by atoms with E-state index in [9.17, 15) is 17.6 Å². The summed E-state index contributed by atoms with van der Waals surface area (Å²) in [6.45, 7) is 0. The highest BCUT2D eigenvalue weighted by Crippen LogP contribution is 2.36. The van der Waals surface area contributed by atoms with Gasteiger partial charge >= 0.3 is 6.18 Å². The third-order valence-corrected chi connectivity index (χ3v) is 3.10. The summed E-state index contributed by atoms with van der Waals surface area (Å²) >= 11 is 5.64. The third kappa shape index (κ3) is 2.57. The van der Waals surface area contributed by atoms with Gasteiger partial charge in [0.25, 0.3) is 0 Å². The number of fused-ring (bicyclic) bond motifs is 1. The second-order valence-electron chi connectivity index (χ2n) is 4.33. The smallest absolute Gasteiger partial charge is 0.351 e. The molecule has 0 unspecified atom stereocenters. The summed E-state index contributed by atoms with van der Waals surface area (Å²) in [5, 5.41) is 6.67. The van der Waals surface area contributed by atoms with Crippen LogP contribution in [0.5, 0.6) is 0 Å². The zero-order chi connectivity index (χ0) is 15.9. The quantitative estimate of drug-likeness (QED) is 0.542. The fourth-order valence-electron chi connectivity index (χ4n) is 1.87. The molecule has 0 aliphatic rings. The molecular formula is C13H6ClF4N3O. The summed E-state index contributed by atoms with van der Waals surface area (Å²) < 4.78 is 56.4. The molecule has 0 radical (unpaired) electrons. The Morgan fingerprint density at radius 3 is 2.55 bits per heavy atom. The largest absolute Gasteiger partial charge is 0.419 e. The molecular weight excluding hydrogens is 326 g/mol. The van der Waals surface area contributed by atoms with Crippen molar-refractivity contribution in [2.75, 3.05) is 5.32 Å². The van der Waals surface area contributed by atoms with Crippen LogP contribution in [0.25, 0.3) is 11.0 Å². The van der Waals surface area contributed by atoms with Crippen LogP contribution in [-0.2, 0) is 6.18 Å². The van der Waals surface area contributed by atoms with Crippen LogP contribution in [0.15, 0.2) is 35.0 Å². The predicted molar refractivity (Wildman–Crippen MR) is 71.5 cm³/mol. The Morgan fingerprint density at radius 1 is 1.14 bits per heavy atom. The second kappa shape index (κ2) is 5.13. The Kier molecular flexibility index (Phi) is 3.40. The molecule has 0 saturated carbocycles. The van der Waals surface area contributed by atoms with Crippen molar-refractivity contribution in [3.8, 4) is 0 Å². The number of rotatable bonds is 2. The van der Waals surface area contributed by atoms with E-state index in [1.54, 1.807) is 6.07 Å². The molecule has 0 atom stereocenters. The average molecular weight is 332 g/mol. The number of anilines is 2. The number of pyridine rings is 1. The fourth-order valence-corrected chi connectivity index (χ4v) is 1.98. The van der Waals surface area contributed by atoms with Crippen LogP contribution < -0.4 is 5.32 Å². The lowest BCUT2D eigenvalue weighted by Gasteiger charge is -2.07. The SMILES string of the molecule is Fc1c(C(F)(F)F)ccc2c(Nc3ccc(Cl)nc3)noc12. The first-order valence-corrected chi connectivity index (χ1v) is 6.28. The van der Waals surface area contributed by atoms with Crippen molar-refractivity contribution in [1.82, 2.24) is 10.1 Å². The Balaban J connectivity index is 2.02. The third-order valence-electron chi connectivity index (χ3n) is 2.88. The van der Waals surface area contributed by atoms with Gasteiger partial charge in [-0.25, -0.2) is 9.37 Å². The first-order chi connectivity index (χ1) is 10.4. The van der Waals surface area contributed by atoms with Gasteiger partial charge in [0.05, 0.1) is 22.8 Å². The van der Waals surface area contributed by atoms with Gasteiger partial charge in [-0.05, 0) is 24.3 Å². The Labute approximate surface area is 125 Å². The van der Waals surface area contributed by atoms with Crippen molar-refractivity contribution in [3.05, 3.63) is 47.0 Å². The van der Waals surface area contributed by atoms with Crippen molar-refractivity contribution in [2.45, 2.75) is 6.18 Å². The van der Waals surface area contributed by atoms with Crippen molar-refractivity contribution < 1.29 is 22.1 Å². The van der Waals surface area contributed by atoms with E-state index in [-0.39, 0.29) is 16.4 Å². The van der Waals surface area contributed by atoms with E-state index in [1.165, 1.54) is 12.3 Å². The van der Waals surface area contributed by atoms with E-state index >= 15 is 0 Å². The van der Waals surface area contributed by atoms with Gasteiger partial charge in [-0.1, -0.05) is 16.8 Å². The van der Waals surface area contributed by atoms with E-state index in [0.717, 1.165) is 6.07 Å². The molecule has 2 aromatic heterocycles. The molecule has 0 fully saturated rings. The van der Waals surface area contributed by atoms with E-state index in [4.69, 9.17) is 11.6 Å². The highest BCUT2D eigenvalue weighted by molar-refractivity contribution is 6.29. The van der Waals surface area contributed by atoms with Gasteiger partial charge in [-0.15, -0.1) is 0 Å². The minimum Gasteiger partial charge on any atom is -0.351 e. The first kappa shape index (κ1) is 14.6. The van der Waals surface area contributed by atoms with Gasteiger partial charge < -0.3 is 9.84 Å². The van der Waals surface area contributed by atoms with Gasteiger partial charge in [0, 0.05) is 0 Å². The minimum absolute atomic E-state index is 0.0757. The molecule has 4 nitrogen and oxygen atoms in total. The molecule has 0 aliphatic carbocycles. The maximum atomic E-state index is 13.9. The lowest BCUT2D eigenvalue weighted by Crippen LogP contribution is -2.07. The van der Waals surface area contributed by atoms with Gasteiger partial charge in [0.1, 0.15) is 5.15 Å². The summed E-state index contributed by atoms with van der Waals surface area (Å²) in [6.07, 6.45) is -3.41. The molecule has 1 aromatic carbocycles. The molecule has 2 heterocycles. The molecule has 22 heavy (non-hydrogen) atoms. The van der Waals surface area contributed by atoms with Crippen molar-refractivity contribution in [3.63, 3.8) is 0 Å². The van der Waals surface area contributed by atoms with Crippen molar-refractivity contribution in [2.24, 2.45) is 0 Å². The van der Waals surface area contributed by atoms with Crippen molar-refractivity contribution >= 4 is 34.1 Å². The zero-order valence-corrected chi connectivity index (χ0v) is 11.3. The molecule has 1 N–H and O–H groups in total. The van der Waals surface area contributed by atoms with E-state index in [1.807, 2.05) is 0 Å². The maximum absolute atomic E-state index is 13.9. The summed E-state index contributed by atoms with van der Waals surface area (Å²) in [5.74, 6) is -1.42. The number of hydrogen-bond acceptors (Lipinski definition) is 4. The zero-order valence-electron chi connectivity index (χ0n) is 10.6. The topological polar surface area (TPSA) is 51.0 Å². The van der Waals surface area contributed by atoms with Gasteiger partial charge in [0.2, 0.25) is 5.58 Å². The lowest BCUT2D eigenvalue weighted by molar-refractivity contribution is -0.139. The molecule has 0 spiro atoms. The summed E-state index contributed by atoms with van der Waals surface area (Å²) in [7, 11) is 0. The standard InChI is InChI=1S/C13H6ClF4N3O/c14-9-4-1-6(5-19-9)20-12-7-2-3-8(13(16,17)18)10(15)11(7)22-21-12/h1-5H,(H,20,21). The number of halogens is 5. The molecule has 0 saturated heterocycles. The van der Waals surface area contributed by atoms with Crippen molar-refractivity contribution in [1.29, 1.82) is 0 Å². The molecule has 0 bridgehead atoms. The first-order valence-electron chi connectivity index (χ1n) is 5.90. The van der Waals surface area contributed by atoms with E-state index in [2.05, 4.69) is 20.0 Å². The molecule has 3 rings (SSSR count). The lowest BCUT2D eigenvalue weighted by atomic mass is 10.1.